The van der Waals surface area contributed by atoms with Gasteiger partial charge in [-0.25, -0.2) is 14.8 Å². The second kappa shape index (κ2) is 9.50. The fourth-order valence-electron chi connectivity index (χ4n) is 4.45. The van der Waals surface area contributed by atoms with Crippen LogP contribution in [0.15, 0.2) is 36.5 Å². The lowest BCUT2D eigenvalue weighted by Crippen LogP contribution is -2.52. The summed E-state index contributed by atoms with van der Waals surface area (Å²) in [7, 11) is 4.03. The van der Waals surface area contributed by atoms with Gasteiger partial charge in [0.2, 0.25) is 5.95 Å². The topological polar surface area (TPSA) is 101 Å². The molecule has 33 heavy (non-hydrogen) atoms. The van der Waals surface area contributed by atoms with Crippen molar-refractivity contribution in [1.29, 1.82) is 0 Å². The van der Waals surface area contributed by atoms with Crippen LogP contribution in [0.5, 0.6) is 0 Å². The van der Waals surface area contributed by atoms with Crippen LogP contribution in [0.2, 0.25) is 0 Å². The van der Waals surface area contributed by atoms with Crippen LogP contribution in [-0.4, -0.2) is 98.8 Å². The summed E-state index contributed by atoms with van der Waals surface area (Å²) in [4.78, 5) is 25.5. The van der Waals surface area contributed by atoms with Gasteiger partial charge in [0.1, 0.15) is 12.2 Å². The molecule has 10 nitrogen and oxygen atoms in total. The lowest BCUT2D eigenvalue weighted by atomic mass is 10.1. The van der Waals surface area contributed by atoms with Gasteiger partial charge >= 0.3 is 6.03 Å². The zero-order valence-electron chi connectivity index (χ0n) is 18.9. The number of aromatic nitrogens is 2. The maximum absolute atomic E-state index is 12.6. The standard InChI is InChI=1S/C23H30N6O4/c1-28(2)16-5-3-15(4-6-16)17-7-8-24-22(25-17)26-18-13-32-21-19(14-33-20(18)21)27-23(30)29-9-11-31-12-10-29/h3-8,18-21H,9-14H2,1-2H3,(H,27,30)(H,24,25,26)/t18-,19-,20+,21+/m0/s1. The van der Waals surface area contributed by atoms with E-state index in [1.54, 1.807) is 11.1 Å². The monoisotopic (exact) mass is 454 g/mol. The largest absolute Gasteiger partial charge is 0.378 e. The van der Waals surface area contributed by atoms with Crippen LogP contribution in [0, 0.1) is 0 Å². The molecule has 0 spiro atoms. The van der Waals surface area contributed by atoms with Gasteiger partial charge in [-0.2, -0.15) is 0 Å². The molecule has 1 aromatic carbocycles. The first kappa shape index (κ1) is 21.9. The maximum atomic E-state index is 12.6. The third-order valence-electron chi connectivity index (χ3n) is 6.31. The van der Waals surface area contributed by atoms with E-state index in [0.717, 1.165) is 16.9 Å². The van der Waals surface area contributed by atoms with Crippen LogP contribution in [0.25, 0.3) is 11.3 Å². The minimum atomic E-state index is -0.200. The van der Waals surface area contributed by atoms with E-state index in [4.69, 9.17) is 14.2 Å². The van der Waals surface area contributed by atoms with E-state index in [-0.39, 0.29) is 30.3 Å². The minimum Gasteiger partial charge on any atom is -0.378 e. The highest BCUT2D eigenvalue weighted by Crippen LogP contribution is 2.29. The van der Waals surface area contributed by atoms with Crippen molar-refractivity contribution in [3.63, 3.8) is 0 Å². The summed E-state index contributed by atoms with van der Waals surface area (Å²) in [6.07, 6.45) is 1.37. The Labute approximate surface area is 193 Å². The van der Waals surface area contributed by atoms with E-state index in [9.17, 15) is 4.79 Å². The van der Waals surface area contributed by atoms with Crippen molar-refractivity contribution in [2.24, 2.45) is 0 Å². The normalized spacial score (nSPS) is 26.7. The molecule has 176 valence electrons. The third-order valence-corrected chi connectivity index (χ3v) is 6.31. The fraction of sp³-hybridized carbons (Fsp3) is 0.522. The smallest absolute Gasteiger partial charge is 0.317 e. The molecule has 3 aliphatic heterocycles. The van der Waals surface area contributed by atoms with E-state index in [2.05, 4.69) is 49.8 Å². The van der Waals surface area contributed by atoms with Gasteiger partial charge in [-0.1, -0.05) is 12.1 Å². The number of nitrogens with one attached hydrogen (secondary N) is 2. The molecular formula is C23H30N6O4. The van der Waals surface area contributed by atoms with Gasteiger partial charge in [0.25, 0.3) is 0 Å². The molecule has 3 saturated heterocycles. The fourth-order valence-corrected chi connectivity index (χ4v) is 4.45. The minimum absolute atomic E-state index is 0.0911. The quantitative estimate of drug-likeness (QED) is 0.695. The van der Waals surface area contributed by atoms with Crippen LogP contribution in [0.3, 0.4) is 0 Å². The van der Waals surface area contributed by atoms with E-state index in [1.165, 1.54) is 0 Å². The summed E-state index contributed by atoms with van der Waals surface area (Å²) in [5.74, 6) is 0.530. The number of rotatable bonds is 5. The highest BCUT2D eigenvalue weighted by molar-refractivity contribution is 5.74. The molecule has 3 fully saturated rings. The molecule has 0 bridgehead atoms. The predicted molar refractivity (Wildman–Crippen MR) is 123 cm³/mol. The summed E-state index contributed by atoms with van der Waals surface area (Å²) in [5.41, 5.74) is 3.00. The van der Waals surface area contributed by atoms with Crippen LogP contribution in [0.4, 0.5) is 16.4 Å². The number of carbonyl (C=O) groups excluding carboxylic acids is 1. The summed E-state index contributed by atoms with van der Waals surface area (Å²) >= 11 is 0. The molecule has 0 saturated carbocycles. The Balaban J connectivity index is 1.20. The Hall–Kier alpha value is -2.95. The number of fused-ring (bicyclic) bond motifs is 1. The number of nitrogens with zero attached hydrogens (tertiary/aromatic N) is 4. The van der Waals surface area contributed by atoms with E-state index in [0.29, 0.717) is 45.5 Å². The molecule has 2 aromatic rings. The average molecular weight is 455 g/mol. The van der Waals surface area contributed by atoms with Gasteiger partial charge in [-0.3, -0.25) is 0 Å². The van der Waals surface area contributed by atoms with E-state index >= 15 is 0 Å². The Morgan fingerprint density at radius 2 is 1.73 bits per heavy atom. The second-order valence-corrected chi connectivity index (χ2v) is 8.71. The SMILES string of the molecule is CN(C)c1ccc(-c2ccnc(N[C@H]3CO[C@H]4[C@@H]3OC[C@@H]4NC(=O)N3CCOCC3)n2)cc1. The number of morpholine rings is 1. The molecule has 3 aliphatic rings. The number of ether oxygens (including phenoxy) is 3. The summed E-state index contributed by atoms with van der Waals surface area (Å²) in [6.45, 7) is 3.23. The number of benzene rings is 1. The highest BCUT2D eigenvalue weighted by Gasteiger charge is 2.48. The van der Waals surface area contributed by atoms with Crippen molar-refractivity contribution in [2.45, 2.75) is 24.3 Å². The Morgan fingerprint density at radius 3 is 2.45 bits per heavy atom. The van der Waals surface area contributed by atoms with Crippen molar-refractivity contribution in [3.05, 3.63) is 36.5 Å². The van der Waals surface area contributed by atoms with Crippen molar-refractivity contribution in [3.8, 4) is 11.3 Å². The van der Waals surface area contributed by atoms with Gasteiger partial charge < -0.3 is 34.6 Å². The summed E-state index contributed by atoms with van der Waals surface area (Å²) in [5, 5.41) is 6.44. The number of amides is 2. The average Bonchev–Trinajstić information content (AvgIpc) is 3.43. The molecular weight excluding hydrogens is 424 g/mol. The molecule has 1 aromatic heterocycles. The first-order valence-electron chi connectivity index (χ1n) is 11.3. The molecule has 4 heterocycles. The second-order valence-electron chi connectivity index (χ2n) is 8.71. The maximum Gasteiger partial charge on any atom is 0.317 e. The molecule has 5 rings (SSSR count). The molecule has 10 heteroatoms. The Bertz CT molecular complexity index is 966. The molecule has 0 unspecified atom stereocenters. The molecule has 0 aliphatic carbocycles. The van der Waals surface area contributed by atoms with Crippen LogP contribution < -0.4 is 15.5 Å². The first-order valence-corrected chi connectivity index (χ1v) is 11.3. The number of anilines is 2. The molecule has 2 amide bonds. The number of hydrogen-bond acceptors (Lipinski definition) is 8. The van der Waals surface area contributed by atoms with Gasteiger partial charge in [-0.05, 0) is 18.2 Å². The van der Waals surface area contributed by atoms with Gasteiger partial charge in [0.15, 0.2) is 0 Å². The van der Waals surface area contributed by atoms with Crippen molar-refractivity contribution in [2.75, 3.05) is 63.8 Å². The predicted octanol–water partition coefficient (Wildman–Crippen LogP) is 1.20. The summed E-state index contributed by atoms with van der Waals surface area (Å²) < 4.78 is 17.3. The highest BCUT2D eigenvalue weighted by atomic mass is 16.6. The van der Waals surface area contributed by atoms with Crippen molar-refractivity contribution in [1.82, 2.24) is 20.2 Å². The zero-order chi connectivity index (χ0) is 22.8. The summed E-state index contributed by atoms with van der Waals surface area (Å²) in [6, 6.07) is 9.77. The van der Waals surface area contributed by atoms with Gasteiger partial charge in [0.05, 0.1) is 44.2 Å². The number of hydrogen-bond donors (Lipinski definition) is 2. The van der Waals surface area contributed by atoms with Crippen LogP contribution in [0.1, 0.15) is 0 Å². The van der Waals surface area contributed by atoms with E-state index in [1.807, 2.05) is 20.2 Å². The van der Waals surface area contributed by atoms with Crippen molar-refractivity contribution < 1.29 is 19.0 Å². The Morgan fingerprint density at radius 1 is 1.03 bits per heavy atom. The first-order chi connectivity index (χ1) is 16.1. The lowest BCUT2D eigenvalue weighted by molar-refractivity contribution is 0.0485. The Kier molecular flexibility index (Phi) is 6.30. The van der Waals surface area contributed by atoms with Gasteiger partial charge in [0, 0.05) is 44.6 Å². The number of carbonyl (C=O) groups is 1. The van der Waals surface area contributed by atoms with Crippen LogP contribution >= 0.6 is 0 Å². The number of urea groups is 1. The third kappa shape index (κ3) is 4.73. The molecule has 4 atom stereocenters. The molecule has 2 N–H and O–H groups in total. The lowest BCUT2D eigenvalue weighted by Gasteiger charge is -2.29. The van der Waals surface area contributed by atoms with Crippen LogP contribution in [-0.2, 0) is 14.2 Å². The van der Waals surface area contributed by atoms with Gasteiger partial charge in [-0.15, -0.1) is 0 Å². The molecule has 0 radical (unpaired) electrons. The van der Waals surface area contributed by atoms with E-state index < -0.39 is 0 Å². The van der Waals surface area contributed by atoms with Crippen molar-refractivity contribution >= 4 is 17.7 Å². The zero-order valence-corrected chi connectivity index (χ0v) is 18.9.